The van der Waals surface area contributed by atoms with Crippen LogP contribution in [0.15, 0.2) is 46.6 Å². The number of nitrogens with zero attached hydrogens (tertiary/aromatic N) is 2. The first-order valence-corrected chi connectivity index (χ1v) is 7.86. The van der Waals surface area contributed by atoms with Crippen LogP contribution in [0.3, 0.4) is 0 Å². The van der Waals surface area contributed by atoms with Crippen LogP contribution < -0.4 is 0 Å². The van der Waals surface area contributed by atoms with Crippen LogP contribution in [-0.4, -0.2) is 16.0 Å². The number of hydrogen-bond acceptors (Lipinski definition) is 4. The van der Waals surface area contributed by atoms with Crippen molar-refractivity contribution in [3.8, 4) is 0 Å². The van der Waals surface area contributed by atoms with Gasteiger partial charge >= 0.3 is 0 Å². The molecule has 0 spiro atoms. The van der Waals surface area contributed by atoms with Crippen LogP contribution in [0.4, 0.5) is 0 Å². The molecule has 0 fully saturated rings. The van der Waals surface area contributed by atoms with Gasteiger partial charge < -0.3 is 4.42 Å². The third-order valence-electron chi connectivity index (χ3n) is 2.92. The van der Waals surface area contributed by atoms with Gasteiger partial charge in [-0.1, -0.05) is 48.5 Å². The molecule has 0 amide bonds. The lowest BCUT2D eigenvalue weighted by Crippen LogP contribution is -1.90. The molecule has 2 rings (SSSR count). The largest absolute Gasteiger partial charge is 0.416 e. The first kappa shape index (κ1) is 15.1. The lowest BCUT2D eigenvalue weighted by Gasteiger charge is -2.02. The van der Waals surface area contributed by atoms with Gasteiger partial charge in [-0.05, 0) is 30.0 Å². The average Bonchev–Trinajstić information content (AvgIpc) is 2.89. The Kier molecular flexibility index (Phi) is 5.68. The Morgan fingerprint density at radius 2 is 2.10 bits per heavy atom. The summed E-state index contributed by atoms with van der Waals surface area (Å²) in [7, 11) is 0. The van der Waals surface area contributed by atoms with Gasteiger partial charge in [0.05, 0.1) is 6.42 Å². The van der Waals surface area contributed by atoms with Crippen LogP contribution in [0, 0.1) is 5.92 Å². The molecule has 1 aromatic heterocycles. The minimum atomic E-state index is 0.513. The van der Waals surface area contributed by atoms with Crippen molar-refractivity contribution in [3.63, 3.8) is 0 Å². The van der Waals surface area contributed by atoms with E-state index in [0.717, 1.165) is 22.8 Å². The Morgan fingerprint density at radius 3 is 2.80 bits per heavy atom. The maximum Gasteiger partial charge on any atom is 0.276 e. The highest BCUT2D eigenvalue weighted by Gasteiger charge is 2.08. The predicted molar refractivity (Wildman–Crippen MR) is 83.3 cm³/mol. The quantitative estimate of drug-likeness (QED) is 0.553. The number of benzene rings is 1. The molecule has 2 aromatic rings. The summed E-state index contributed by atoms with van der Waals surface area (Å²) in [5.41, 5.74) is 1.11. The summed E-state index contributed by atoms with van der Waals surface area (Å²) in [6.45, 7) is 5.92. The molecule has 0 aliphatic rings. The van der Waals surface area contributed by atoms with Gasteiger partial charge in [-0.15, -0.1) is 16.8 Å². The second-order valence-corrected chi connectivity index (χ2v) is 6.10. The minimum Gasteiger partial charge on any atom is -0.416 e. The molecule has 1 aromatic carbocycles. The average molecular weight is 309 g/mol. The fraction of sp³-hybridized carbons (Fsp3) is 0.333. The smallest absolute Gasteiger partial charge is 0.276 e. The van der Waals surface area contributed by atoms with Crippen molar-refractivity contribution in [1.29, 1.82) is 0 Å². The van der Waals surface area contributed by atoms with Gasteiger partial charge in [-0.2, -0.15) is 0 Å². The lowest BCUT2D eigenvalue weighted by atomic mass is 10.1. The van der Waals surface area contributed by atoms with Crippen molar-refractivity contribution < 1.29 is 4.42 Å². The molecule has 0 N–H and O–H groups in total. The first-order valence-electron chi connectivity index (χ1n) is 6.49. The number of aromatic nitrogens is 2. The second kappa shape index (κ2) is 7.50. The molecule has 0 saturated carbocycles. The van der Waals surface area contributed by atoms with Crippen molar-refractivity contribution in [2.75, 3.05) is 5.75 Å². The zero-order chi connectivity index (χ0) is 14.4. The Hall–Kier alpha value is -1.26. The number of hydrogen-bond donors (Lipinski definition) is 0. The molecule has 0 bridgehead atoms. The van der Waals surface area contributed by atoms with Crippen LogP contribution in [0.2, 0.25) is 5.02 Å². The van der Waals surface area contributed by atoms with Crippen molar-refractivity contribution in [1.82, 2.24) is 10.2 Å². The number of allylic oxidation sites excluding steroid dienone is 1. The van der Waals surface area contributed by atoms with Gasteiger partial charge in [0.1, 0.15) is 0 Å². The van der Waals surface area contributed by atoms with Crippen LogP contribution in [-0.2, 0) is 6.42 Å². The van der Waals surface area contributed by atoms with E-state index in [0.29, 0.717) is 23.5 Å². The number of thioether (sulfide) groups is 1. The van der Waals surface area contributed by atoms with E-state index in [-0.39, 0.29) is 0 Å². The number of halogens is 1. The van der Waals surface area contributed by atoms with E-state index in [4.69, 9.17) is 16.0 Å². The zero-order valence-corrected chi connectivity index (χ0v) is 13.0. The van der Waals surface area contributed by atoms with Gasteiger partial charge in [-0.3, -0.25) is 0 Å². The molecule has 1 atom stereocenters. The Bertz CT molecular complexity index is 553. The third-order valence-corrected chi connectivity index (χ3v) is 4.02. The summed E-state index contributed by atoms with van der Waals surface area (Å²) < 4.78 is 5.62. The molecule has 3 nitrogen and oxygen atoms in total. The van der Waals surface area contributed by atoms with Crippen LogP contribution in [0.5, 0.6) is 0 Å². The highest BCUT2D eigenvalue weighted by atomic mass is 35.5. The van der Waals surface area contributed by atoms with E-state index in [1.165, 1.54) is 0 Å². The Balaban J connectivity index is 1.85. The lowest BCUT2D eigenvalue weighted by molar-refractivity contribution is 0.420. The highest BCUT2D eigenvalue weighted by molar-refractivity contribution is 7.99. The summed E-state index contributed by atoms with van der Waals surface area (Å²) in [6, 6.07) is 7.65. The van der Waals surface area contributed by atoms with E-state index in [1.54, 1.807) is 11.8 Å². The Morgan fingerprint density at radius 1 is 1.35 bits per heavy atom. The van der Waals surface area contributed by atoms with Crippen molar-refractivity contribution in [2.24, 2.45) is 5.92 Å². The van der Waals surface area contributed by atoms with E-state index in [1.807, 2.05) is 30.3 Å². The topological polar surface area (TPSA) is 38.9 Å². The summed E-state index contributed by atoms with van der Waals surface area (Å²) in [4.78, 5) is 0. The van der Waals surface area contributed by atoms with Gasteiger partial charge in [0, 0.05) is 10.8 Å². The molecule has 106 valence electrons. The van der Waals surface area contributed by atoms with Gasteiger partial charge in [0.25, 0.3) is 5.22 Å². The molecule has 0 aliphatic heterocycles. The van der Waals surface area contributed by atoms with Crippen LogP contribution in [0.1, 0.15) is 24.8 Å². The normalized spacial score (nSPS) is 12.3. The molecule has 0 aliphatic carbocycles. The molecule has 1 heterocycles. The third kappa shape index (κ3) is 4.69. The Labute approximate surface area is 128 Å². The highest BCUT2D eigenvalue weighted by Crippen LogP contribution is 2.20. The monoisotopic (exact) mass is 308 g/mol. The maximum absolute atomic E-state index is 5.85. The predicted octanol–water partition coefficient (Wildman–Crippen LogP) is 4.62. The maximum atomic E-state index is 5.85. The molecule has 0 radical (unpaired) electrons. The first-order chi connectivity index (χ1) is 9.67. The van der Waals surface area contributed by atoms with Crippen LogP contribution >= 0.6 is 23.4 Å². The molecule has 5 heteroatoms. The molecule has 20 heavy (non-hydrogen) atoms. The molecule has 0 unspecified atom stereocenters. The second-order valence-electron chi connectivity index (χ2n) is 4.62. The van der Waals surface area contributed by atoms with E-state index in [2.05, 4.69) is 23.7 Å². The minimum absolute atomic E-state index is 0.513. The van der Waals surface area contributed by atoms with Crippen LogP contribution in [0.25, 0.3) is 0 Å². The van der Waals surface area contributed by atoms with Gasteiger partial charge in [0.15, 0.2) is 0 Å². The van der Waals surface area contributed by atoms with Gasteiger partial charge in [0.2, 0.25) is 5.89 Å². The van der Waals surface area contributed by atoms with Crippen molar-refractivity contribution in [3.05, 3.63) is 53.4 Å². The summed E-state index contributed by atoms with van der Waals surface area (Å²) in [6.07, 6.45) is 3.65. The molecule has 0 saturated heterocycles. The fourth-order valence-corrected chi connectivity index (χ4v) is 2.64. The van der Waals surface area contributed by atoms with Crippen molar-refractivity contribution >= 4 is 23.4 Å². The number of rotatable bonds is 7. The van der Waals surface area contributed by atoms with E-state index >= 15 is 0 Å². The van der Waals surface area contributed by atoms with E-state index in [9.17, 15) is 0 Å². The SMILES string of the molecule is C=C[C@@H](C)CCSc1nnc(Cc2ccc(Cl)cc2)o1. The zero-order valence-electron chi connectivity index (χ0n) is 11.4. The van der Waals surface area contributed by atoms with E-state index < -0.39 is 0 Å². The van der Waals surface area contributed by atoms with Gasteiger partial charge in [-0.25, -0.2) is 0 Å². The summed E-state index contributed by atoms with van der Waals surface area (Å²) >= 11 is 7.44. The molecular weight excluding hydrogens is 292 g/mol. The fourth-order valence-electron chi connectivity index (χ4n) is 1.59. The molecular formula is C15H17ClN2OS. The summed E-state index contributed by atoms with van der Waals surface area (Å²) in [5, 5.41) is 9.47. The summed E-state index contributed by atoms with van der Waals surface area (Å²) in [5.74, 6) is 2.10. The standard InChI is InChI=1S/C15H17ClN2OS/c1-3-11(2)8-9-20-15-18-17-14(19-15)10-12-4-6-13(16)7-5-12/h3-7,11H,1,8-10H2,2H3/t11-/m1/s1. The van der Waals surface area contributed by atoms with Crippen molar-refractivity contribution in [2.45, 2.75) is 25.0 Å².